The Kier molecular flexibility index (Phi) is 4.89. The summed E-state index contributed by atoms with van der Waals surface area (Å²) in [7, 11) is 1.92. The third-order valence-corrected chi connectivity index (χ3v) is 4.29. The molecule has 0 spiro atoms. The van der Waals surface area contributed by atoms with E-state index >= 15 is 0 Å². The van der Waals surface area contributed by atoms with Gasteiger partial charge in [-0.2, -0.15) is 0 Å². The van der Waals surface area contributed by atoms with Gasteiger partial charge in [0.25, 0.3) is 0 Å². The number of hydrogen-bond acceptors (Lipinski definition) is 3. The molecule has 1 fully saturated rings. The van der Waals surface area contributed by atoms with E-state index in [9.17, 15) is 9.90 Å². The Labute approximate surface area is 124 Å². The maximum atomic E-state index is 11.3. The Morgan fingerprint density at radius 2 is 2.30 bits per heavy atom. The molecule has 1 aromatic carbocycles. The Morgan fingerprint density at radius 1 is 1.55 bits per heavy atom. The molecule has 1 aliphatic heterocycles. The van der Waals surface area contributed by atoms with Crippen molar-refractivity contribution in [3.63, 3.8) is 0 Å². The summed E-state index contributed by atoms with van der Waals surface area (Å²) in [5.41, 5.74) is 0.880. The number of rotatable bonds is 5. The van der Waals surface area contributed by atoms with Crippen LogP contribution in [0, 0.1) is 0 Å². The minimum Gasteiger partial charge on any atom is -0.478 e. The molecule has 1 aromatic rings. The molecule has 0 saturated carbocycles. The highest BCUT2D eigenvalue weighted by Crippen LogP contribution is 2.30. The van der Waals surface area contributed by atoms with Gasteiger partial charge in [-0.15, -0.1) is 0 Å². The lowest BCUT2D eigenvalue weighted by molar-refractivity contribution is 0.0697. The monoisotopic (exact) mass is 296 g/mol. The minimum atomic E-state index is -0.937. The number of nitrogens with zero attached hydrogens (tertiary/aromatic N) is 2. The summed E-state index contributed by atoms with van der Waals surface area (Å²) in [5.74, 6) is -0.937. The van der Waals surface area contributed by atoms with Crippen molar-refractivity contribution in [3.05, 3.63) is 28.8 Å². The minimum absolute atomic E-state index is 0.265. The van der Waals surface area contributed by atoms with E-state index in [1.165, 1.54) is 6.42 Å². The lowest BCUT2D eigenvalue weighted by Gasteiger charge is -2.30. The van der Waals surface area contributed by atoms with E-state index in [2.05, 4.69) is 11.8 Å². The molecular formula is C15H21ClN2O2. The van der Waals surface area contributed by atoms with E-state index in [1.54, 1.807) is 18.2 Å². The summed E-state index contributed by atoms with van der Waals surface area (Å²) >= 11 is 6.21. The molecule has 110 valence electrons. The van der Waals surface area contributed by atoms with Crippen molar-refractivity contribution in [1.29, 1.82) is 0 Å². The average Bonchev–Trinajstić information content (AvgIpc) is 2.85. The molecule has 1 saturated heterocycles. The highest BCUT2D eigenvalue weighted by atomic mass is 35.5. The number of likely N-dealkylation sites (N-methyl/N-ethyl adjacent to an activating group) is 2. The van der Waals surface area contributed by atoms with Crippen LogP contribution in [0.1, 0.15) is 30.1 Å². The van der Waals surface area contributed by atoms with Crippen LogP contribution in [-0.2, 0) is 0 Å². The molecule has 0 amide bonds. The average molecular weight is 297 g/mol. The number of carbonyl (C=O) groups is 1. The SMILES string of the molecule is CCN1CCCC1CN(C)c1c(Cl)cccc1C(=O)O. The first-order valence-corrected chi connectivity index (χ1v) is 7.39. The number of hydrogen-bond donors (Lipinski definition) is 1. The van der Waals surface area contributed by atoms with Gasteiger partial charge in [0.2, 0.25) is 0 Å². The predicted octanol–water partition coefficient (Wildman–Crippen LogP) is 2.96. The predicted molar refractivity (Wildman–Crippen MR) is 82.0 cm³/mol. The lowest BCUT2D eigenvalue weighted by atomic mass is 10.1. The molecule has 1 atom stereocenters. The molecule has 20 heavy (non-hydrogen) atoms. The number of aromatic carboxylic acids is 1. The number of benzene rings is 1. The molecule has 0 aliphatic carbocycles. The van der Waals surface area contributed by atoms with Crippen molar-refractivity contribution in [2.75, 3.05) is 31.6 Å². The largest absolute Gasteiger partial charge is 0.478 e. The zero-order valence-electron chi connectivity index (χ0n) is 12.0. The van der Waals surface area contributed by atoms with Gasteiger partial charge in [-0.25, -0.2) is 4.79 Å². The van der Waals surface area contributed by atoms with Gasteiger partial charge in [0, 0.05) is 19.6 Å². The van der Waals surface area contributed by atoms with Crippen LogP contribution >= 0.6 is 11.6 Å². The van der Waals surface area contributed by atoms with Crippen molar-refractivity contribution >= 4 is 23.3 Å². The molecule has 1 heterocycles. The molecule has 1 unspecified atom stereocenters. The fourth-order valence-electron chi connectivity index (χ4n) is 3.00. The van der Waals surface area contributed by atoms with E-state index < -0.39 is 5.97 Å². The number of carboxylic acid groups (broad SMARTS) is 1. The zero-order valence-corrected chi connectivity index (χ0v) is 12.7. The van der Waals surface area contributed by atoms with E-state index in [1.807, 2.05) is 11.9 Å². The Hall–Kier alpha value is -1.26. The Bertz CT molecular complexity index is 493. The van der Waals surface area contributed by atoms with Crippen LogP contribution in [0.15, 0.2) is 18.2 Å². The van der Waals surface area contributed by atoms with Crippen molar-refractivity contribution in [2.24, 2.45) is 0 Å². The summed E-state index contributed by atoms with van der Waals surface area (Å²) < 4.78 is 0. The maximum absolute atomic E-state index is 11.3. The summed E-state index contributed by atoms with van der Waals surface area (Å²) in [6, 6.07) is 5.50. The van der Waals surface area contributed by atoms with Gasteiger partial charge in [0.15, 0.2) is 0 Å². The van der Waals surface area contributed by atoms with Crippen molar-refractivity contribution in [3.8, 4) is 0 Å². The highest BCUT2D eigenvalue weighted by Gasteiger charge is 2.26. The highest BCUT2D eigenvalue weighted by molar-refractivity contribution is 6.34. The number of carboxylic acids is 1. The van der Waals surface area contributed by atoms with Crippen molar-refractivity contribution in [1.82, 2.24) is 4.90 Å². The van der Waals surface area contributed by atoms with Gasteiger partial charge in [-0.3, -0.25) is 4.90 Å². The van der Waals surface area contributed by atoms with Crippen molar-refractivity contribution in [2.45, 2.75) is 25.8 Å². The second-order valence-corrected chi connectivity index (χ2v) is 5.65. The second kappa shape index (κ2) is 6.46. The fourth-order valence-corrected chi connectivity index (χ4v) is 3.32. The van der Waals surface area contributed by atoms with E-state index in [-0.39, 0.29) is 5.56 Å². The maximum Gasteiger partial charge on any atom is 0.337 e. The molecule has 0 aromatic heterocycles. The molecule has 2 rings (SSSR count). The molecule has 0 radical (unpaired) electrons. The van der Waals surface area contributed by atoms with Gasteiger partial charge in [0.05, 0.1) is 16.3 Å². The summed E-state index contributed by atoms with van der Waals surface area (Å²) in [6.07, 6.45) is 2.37. The van der Waals surface area contributed by atoms with Crippen LogP contribution in [0.5, 0.6) is 0 Å². The molecule has 4 nitrogen and oxygen atoms in total. The zero-order chi connectivity index (χ0) is 14.7. The van der Waals surface area contributed by atoms with Gasteiger partial charge < -0.3 is 10.0 Å². The normalized spacial score (nSPS) is 19.2. The topological polar surface area (TPSA) is 43.8 Å². The number of halogens is 1. The standard InChI is InChI=1S/C15H21ClN2O2/c1-3-18-9-5-6-11(18)10-17(2)14-12(15(19)20)7-4-8-13(14)16/h4,7-8,11H,3,5-6,9-10H2,1-2H3,(H,19,20). The number of para-hydroxylation sites is 1. The summed E-state index contributed by atoms with van der Waals surface area (Å²) in [5, 5.41) is 9.80. The quantitative estimate of drug-likeness (QED) is 0.907. The Balaban J connectivity index is 2.20. The lowest BCUT2D eigenvalue weighted by Crippen LogP contribution is -2.39. The smallest absolute Gasteiger partial charge is 0.337 e. The third-order valence-electron chi connectivity index (χ3n) is 3.99. The first-order valence-electron chi connectivity index (χ1n) is 7.01. The molecule has 0 bridgehead atoms. The van der Waals surface area contributed by atoms with Crippen molar-refractivity contribution < 1.29 is 9.90 Å². The number of anilines is 1. The van der Waals surface area contributed by atoms with E-state index in [0.29, 0.717) is 16.8 Å². The van der Waals surface area contributed by atoms with Gasteiger partial charge >= 0.3 is 5.97 Å². The molecular weight excluding hydrogens is 276 g/mol. The number of likely N-dealkylation sites (tertiary alicyclic amines) is 1. The Morgan fingerprint density at radius 3 is 2.95 bits per heavy atom. The van der Waals surface area contributed by atoms with Crippen LogP contribution in [0.25, 0.3) is 0 Å². The van der Waals surface area contributed by atoms with Crippen LogP contribution < -0.4 is 4.90 Å². The summed E-state index contributed by atoms with van der Waals surface area (Å²) in [4.78, 5) is 15.8. The summed E-state index contributed by atoms with van der Waals surface area (Å²) in [6.45, 7) is 5.13. The van der Waals surface area contributed by atoms with Gasteiger partial charge in [-0.05, 0) is 38.1 Å². The van der Waals surface area contributed by atoms with E-state index in [0.717, 1.165) is 26.1 Å². The van der Waals surface area contributed by atoms with Gasteiger partial charge in [-0.1, -0.05) is 24.6 Å². The first kappa shape index (κ1) is 15.1. The van der Waals surface area contributed by atoms with Crippen LogP contribution in [0.4, 0.5) is 5.69 Å². The molecule has 1 N–H and O–H groups in total. The second-order valence-electron chi connectivity index (χ2n) is 5.25. The van der Waals surface area contributed by atoms with Crippen LogP contribution in [0.2, 0.25) is 5.02 Å². The molecule has 5 heteroatoms. The third kappa shape index (κ3) is 3.07. The van der Waals surface area contributed by atoms with E-state index in [4.69, 9.17) is 11.6 Å². The van der Waals surface area contributed by atoms with Crippen LogP contribution in [-0.4, -0.2) is 48.7 Å². The fraction of sp³-hybridized carbons (Fsp3) is 0.533. The van der Waals surface area contributed by atoms with Gasteiger partial charge in [0.1, 0.15) is 0 Å². The first-order chi connectivity index (χ1) is 9.54. The molecule has 1 aliphatic rings. The van der Waals surface area contributed by atoms with Crippen LogP contribution in [0.3, 0.4) is 0 Å².